The summed E-state index contributed by atoms with van der Waals surface area (Å²) >= 11 is 0. The highest BCUT2D eigenvalue weighted by atomic mass is 16.5. The first-order valence-electron chi connectivity index (χ1n) is 5.09. The van der Waals surface area contributed by atoms with Gasteiger partial charge in [0.15, 0.2) is 5.78 Å². The second kappa shape index (κ2) is 6.37. The molecule has 2 atom stereocenters. The van der Waals surface area contributed by atoms with Gasteiger partial charge in [-0.2, -0.15) is 0 Å². The molecule has 4 nitrogen and oxygen atoms in total. The van der Waals surface area contributed by atoms with Gasteiger partial charge < -0.3 is 14.9 Å². The molecule has 0 aromatic heterocycles. The van der Waals surface area contributed by atoms with Crippen LogP contribution in [0, 0.1) is 0 Å². The van der Waals surface area contributed by atoms with Crippen LogP contribution in [0.5, 0.6) is 0 Å². The lowest BCUT2D eigenvalue weighted by molar-refractivity contribution is -0.133. The summed E-state index contributed by atoms with van der Waals surface area (Å²) in [6.07, 6.45) is -2.53. The minimum atomic E-state index is -1.37. The summed E-state index contributed by atoms with van der Waals surface area (Å²) in [6.45, 7) is 1.52. The Hall–Kier alpha value is -1.23. The molecule has 0 fully saturated rings. The average molecular weight is 224 g/mol. The van der Waals surface area contributed by atoms with Crippen LogP contribution in [0.3, 0.4) is 0 Å². The maximum Gasteiger partial charge on any atom is 0.160 e. The maximum absolute atomic E-state index is 10.8. The summed E-state index contributed by atoms with van der Waals surface area (Å²) in [5, 5.41) is 18.6. The lowest BCUT2D eigenvalue weighted by atomic mass is 10.1. The van der Waals surface area contributed by atoms with E-state index in [0.29, 0.717) is 6.61 Å². The molecule has 0 bridgehead atoms. The van der Waals surface area contributed by atoms with Crippen LogP contribution in [-0.2, 0) is 16.1 Å². The highest BCUT2D eigenvalue weighted by Crippen LogP contribution is 2.02. The number of hydrogen-bond acceptors (Lipinski definition) is 4. The predicted molar refractivity (Wildman–Crippen MR) is 58.8 cm³/mol. The quantitative estimate of drug-likeness (QED) is 0.739. The number of ether oxygens (including phenoxy) is 1. The highest BCUT2D eigenvalue weighted by Gasteiger charge is 2.20. The van der Waals surface area contributed by atoms with Crippen molar-refractivity contribution in [3.05, 3.63) is 35.9 Å². The van der Waals surface area contributed by atoms with Gasteiger partial charge in [0.2, 0.25) is 0 Å². The van der Waals surface area contributed by atoms with E-state index in [4.69, 9.17) is 4.74 Å². The molecule has 0 spiro atoms. The average Bonchev–Trinajstić information content (AvgIpc) is 2.29. The van der Waals surface area contributed by atoms with E-state index in [1.807, 2.05) is 30.3 Å². The molecule has 88 valence electrons. The van der Waals surface area contributed by atoms with Gasteiger partial charge in [-0.3, -0.25) is 4.79 Å². The van der Waals surface area contributed by atoms with Gasteiger partial charge in [-0.05, 0) is 12.5 Å². The normalized spacial score (nSPS) is 14.4. The van der Waals surface area contributed by atoms with Gasteiger partial charge in [0.25, 0.3) is 0 Å². The topological polar surface area (TPSA) is 66.8 Å². The van der Waals surface area contributed by atoms with E-state index < -0.39 is 18.0 Å². The van der Waals surface area contributed by atoms with Crippen LogP contribution in [0.4, 0.5) is 0 Å². The van der Waals surface area contributed by atoms with Gasteiger partial charge in [0, 0.05) is 0 Å². The van der Waals surface area contributed by atoms with Crippen LogP contribution in [0.25, 0.3) is 0 Å². The van der Waals surface area contributed by atoms with Gasteiger partial charge in [0.1, 0.15) is 12.2 Å². The van der Waals surface area contributed by atoms with Crippen molar-refractivity contribution >= 4 is 5.78 Å². The van der Waals surface area contributed by atoms with Gasteiger partial charge in [0.05, 0.1) is 13.2 Å². The Morgan fingerprint density at radius 3 is 2.50 bits per heavy atom. The smallest absolute Gasteiger partial charge is 0.160 e. The summed E-state index contributed by atoms with van der Waals surface area (Å²) < 4.78 is 5.19. The summed E-state index contributed by atoms with van der Waals surface area (Å²) in [4.78, 5) is 10.8. The van der Waals surface area contributed by atoms with Crippen LogP contribution in [0.2, 0.25) is 0 Å². The fraction of sp³-hybridized carbons (Fsp3) is 0.417. The predicted octanol–water partition coefficient (Wildman–Crippen LogP) is 0.514. The Kier molecular flexibility index (Phi) is 5.11. The molecule has 0 heterocycles. The Labute approximate surface area is 94.5 Å². The standard InChI is InChI=1S/C12H16O4/c1-9(13)12(15)11(14)8-16-7-10-5-3-2-4-6-10/h2-6,11-12,14-15H,7-8H2,1H3. The number of Topliss-reactive ketones (excluding diaryl/α,β-unsaturated/α-hetero) is 1. The van der Waals surface area contributed by atoms with Gasteiger partial charge >= 0.3 is 0 Å². The molecular formula is C12H16O4. The Balaban J connectivity index is 2.28. The molecule has 0 saturated carbocycles. The molecule has 0 aliphatic heterocycles. The molecular weight excluding hydrogens is 208 g/mol. The third kappa shape index (κ3) is 4.10. The van der Waals surface area contributed by atoms with Crippen LogP contribution in [0.15, 0.2) is 30.3 Å². The van der Waals surface area contributed by atoms with Gasteiger partial charge in [-0.1, -0.05) is 30.3 Å². The van der Waals surface area contributed by atoms with E-state index in [9.17, 15) is 15.0 Å². The van der Waals surface area contributed by atoms with Crippen LogP contribution in [0.1, 0.15) is 12.5 Å². The molecule has 0 radical (unpaired) electrons. The van der Waals surface area contributed by atoms with Crippen LogP contribution < -0.4 is 0 Å². The lowest BCUT2D eigenvalue weighted by Crippen LogP contribution is -2.35. The molecule has 0 aliphatic carbocycles. The molecule has 1 rings (SSSR count). The number of aliphatic hydroxyl groups excluding tert-OH is 2. The van der Waals surface area contributed by atoms with E-state index in [1.165, 1.54) is 6.92 Å². The number of hydrogen-bond donors (Lipinski definition) is 2. The highest BCUT2D eigenvalue weighted by molar-refractivity contribution is 5.80. The monoisotopic (exact) mass is 224 g/mol. The van der Waals surface area contributed by atoms with E-state index in [1.54, 1.807) is 0 Å². The van der Waals surface area contributed by atoms with Crippen molar-refractivity contribution in [2.75, 3.05) is 6.61 Å². The second-order valence-electron chi connectivity index (χ2n) is 3.62. The fourth-order valence-corrected chi connectivity index (χ4v) is 1.23. The maximum atomic E-state index is 10.8. The number of carbonyl (C=O) groups excluding carboxylic acids is 1. The zero-order valence-corrected chi connectivity index (χ0v) is 9.17. The minimum Gasteiger partial charge on any atom is -0.388 e. The first kappa shape index (κ1) is 12.8. The summed E-state index contributed by atoms with van der Waals surface area (Å²) in [7, 11) is 0. The third-order valence-electron chi connectivity index (χ3n) is 2.18. The minimum absolute atomic E-state index is 0.0599. The fourth-order valence-electron chi connectivity index (χ4n) is 1.23. The zero-order chi connectivity index (χ0) is 12.0. The Morgan fingerprint density at radius 2 is 1.94 bits per heavy atom. The van der Waals surface area contributed by atoms with E-state index in [-0.39, 0.29) is 6.61 Å². The van der Waals surface area contributed by atoms with E-state index in [0.717, 1.165) is 5.56 Å². The molecule has 2 unspecified atom stereocenters. The molecule has 0 amide bonds. The molecule has 16 heavy (non-hydrogen) atoms. The van der Waals surface area contributed by atoms with Gasteiger partial charge in [-0.25, -0.2) is 0 Å². The first-order chi connectivity index (χ1) is 7.61. The van der Waals surface area contributed by atoms with Crippen molar-refractivity contribution in [3.8, 4) is 0 Å². The lowest BCUT2D eigenvalue weighted by Gasteiger charge is -2.15. The zero-order valence-electron chi connectivity index (χ0n) is 9.17. The number of ketones is 1. The van der Waals surface area contributed by atoms with Crippen LogP contribution >= 0.6 is 0 Å². The van der Waals surface area contributed by atoms with Gasteiger partial charge in [-0.15, -0.1) is 0 Å². The van der Waals surface area contributed by atoms with Crippen molar-refractivity contribution < 1.29 is 19.7 Å². The van der Waals surface area contributed by atoms with Crippen molar-refractivity contribution in [1.29, 1.82) is 0 Å². The van der Waals surface area contributed by atoms with Crippen molar-refractivity contribution in [2.24, 2.45) is 0 Å². The van der Waals surface area contributed by atoms with Crippen molar-refractivity contribution in [3.63, 3.8) is 0 Å². The number of rotatable bonds is 6. The van der Waals surface area contributed by atoms with Crippen molar-refractivity contribution in [2.45, 2.75) is 25.7 Å². The van der Waals surface area contributed by atoms with E-state index >= 15 is 0 Å². The van der Waals surface area contributed by atoms with E-state index in [2.05, 4.69) is 0 Å². The SMILES string of the molecule is CC(=O)C(O)C(O)COCc1ccccc1. The number of benzene rings is 1. The molecule has 1 aromatic carbocycles. The molecule has 1 aromatic rings. The first-order valence-corrected chi connectivity index (χ1v) is 5.09. The summed E-state index contributed by atoms with van der Waals surface area (Å²) in [5.74, 6) is -0.462. The Bertz CT molecular complexity index is 323. The summed E-state index contributed by atoms with van der Waals surface area (Å²) in [5.41, 5.74) is 0.979. The largest absolute Gasteiger partial charge is 0.388 e. The molecule has 0 aliphatic rings. The summed E-state index contributed by atoms with van der Waals surface area (Å²) in [6, 6.07) is 9.47. The van der Waals surface area contributed by atoms with Crippen molar-refractivity contribution in [1.82, 2.24) is 0 Å². The number of carbonyl (C=O) groups is 1. The molecule has 0 saturated heterocycles. The second-order valence-corrected chi connectivity index (χ2v) is 3.62. The van der Waals surface area contributed by atoms with Crippen LogP contribution in [-0.4, -0.2) is 34.8 Å². The number of aliphatic hydroxyl groups is 2. The molecule has 2 N–H and O–H groups in total. The molecule has 4 heteroatoms. The third-order valence-corrected chi connectivity index (χ3v) is 2.18. The Morgan fingerprint density at radius 1 is 1.31 bits per heavy atom.